The van der Waals surface area contributed by atoms with Gasteiger partial charge in [-0.2, -0.15) is 0 Å². The molecule has 0 N–H and O–H groups in total. The topological polar surface area (TPSA) is 0 Å². The summed E-state index contributed by atoms with van der Waals surface area (Å²) < 4.78 is 1.18. The summed E-state index contributed by atoms with van der Waals surface area (Å²) in [6.07, 6.45) is 0. The van der Waals surface area contributed by atoms with Crippen LogP contribution < -0.4 is 24.8 Å². The Bertz CT molecular complexity index is 424. The molecule has 5 heteroatoms. The van der Waals surface area contributed by atoms with Crippen LogP contribution in [-0.4, -0.2) is 17.1 Å². The molecule has 0 saturated carbocycles. The van der Waals surface area contributed by atoms with Gasteiger partial charge in [0.1, 0.15) is 0 Å². The first-order valence-corrected chi connectivity index (χ1v) is 10.5. The van der Waals surface area contributed by atoms with Gasteiger partial charge in [-0.1, -0.05) is 0 Å². The van der Waals surface area contributed by atoms with Gasteiger partial charge >= 0.3 is 128 Å². The molecule has 2 atom stereocenters. The van der Waals surface area contributed by atoms with Crippen LogP contribution in [0.3, 0.4) is 0 Å². The summed E-state index contributed by atoms with van der Waals surface area (Å²) in [5.74, 6) is 0.615. The Morgan fingerprint density at radius 1 is 1.00 bits per heavy atom. The molecule has 1 nitrogen and oxygen atoms in total. The molecule has 1 rings (SSSR count). The van der Waals surface area contributed by atoms with Crippen LogP contribution in [0.1, 0.15) is 48.5 Å². The van der Waals surface area contributed by atoms with Gasteiger partial charge in [-0.25, -0.2) is 0 Å². The summed E-state index contributed by atoms with van der Waals surface area (Å²) in [5.41, 5.74) is 6.63. The SMILES string of the molecule is CC1=C(C)C(C)C([N+]([Ti])([SiH](C)C)C(C)(C)C)=C1C.[Cl-].[Cl-]. The Balaban J connectivity index is 0. The van der Waals surface area contributed by atoms with E-state index < -0.39 is 8.96 Å². The fourth-order valence-electron chi connectivity index (χ4n) is 3.33. The Kier molecular flexibility index (Phi) is 8.68. The zero-order valence-electron chi connectivity index (χ0n) is 14.4. The van der Waals surface area contributed by atoms with E-state index in [0.717, 1.165) is 0 Å². The predicted molar refractivity (Wildman–Crippen MR) is 79.1 cm³/mol. The molecule has 0 bridgehead atoms. The molecular weight excluding hydrogens is 341 g/mol. The van der Waals surface area contributed by atoms with Crippen molar-refractivity contribution in [2.24, 2.45) is 5.92 Å². The third kappa shape index (κ3) is 3.47. The van der Waals surface area contributed by atoms with Gasteiger partial charge < -0.3 is 24.8 Å². The molecule has 0 aromatic heterocycles. The van der Waals surface area contributed by atoms with Crippen LogP contribution in [0.25, 0.3) is 0 Å². The van der Waals surface area contributed by atoms with E-state index in [1.807, 2.05) is 0 Å². The number of hydrogen-bond donors (Lipinski definition) is 0. The van der Waals surface area contributed by atoms with E-state index in [2.05, 4.69) is 82.3 Å². The van der Waals surface area contributed by atoms with E-state index >= 15 is 0 Å². The number of halogens is 2. The average molecular weight is 370 g/mol. The number of hydrogen-bond acceptors (Lipinski definition) is 0. The Hall–Kier alpha value is 0.951. The molecular formula is C15H29Cl2NSiTi-. The van der Waals surface area contributed by atoms with Gasteiger partial charge in [0.25, 0.3) is 0 Å². The smallest absolute Gasteiger partial charge is 1.00 e. The fourth-order valence-corrected chi connectivity index (χ4v) is 6.41. The zero-order chi connectivity index (χ0) is 14.5. The van der Waals surface area contributed by atoms with Gasteiger partial charge in [-0.3, -0.25) is 0 Å². The van der Waals surface area contributed by atoms with Gasteiger partial charge in [-0.15, -0.1) is 0 Å². The summed E-state index contributed by atoms with van der Waals surface area (Å²) in [7, 11) is -0.857. The third-order valence-electron chi connectivity index (χ3n) is 4.81. The van der Waals surface area contributed by atoms with Crippen LogP contribution in [-0.2, 0) is 20.7 Å². The van der Waals surface area contributed by atoms with Crippen LogP contribution in [0.5, 0.6) is 0 Å². The van der Waals surface area contributed by atoms with E-state index in [0.29, 0.717) is 5.92 Å². The molecule has 0 heterocycles. The molecule has 0 saturated heterocycles. The largest absolute Gasteiger partial charge is 1.00 e. The zero-order valence-corrected chi connectivity index (χ0v) is 18.6. The van der Waals surface area contributed by atoms with Crippen LogP contribution in [0.15, 0.2) is 22.4 Å². The minimum Gasteiger partial charge on any atom is -1.00 e. The molecule has 20 heavy (non-hydrogen) atoms. The van der Waals surface area contributed by atoms with Gasteiger partial charge in [0, 0.05) is 0 Å². The molecule has 0 fully saturated rings. The van der Waals surface area contributed by atoms with E-state index in [4.69, 9.17) is 0 Å². The third-order valence-corrected chi connectivity index (χ3v) is 11.3. The second-order valence-electron chi connectivity index (χ2n) is 7.03. The molecule has 0 aromatic rings. The van der Waals surface area contributed by atoms with Crippen LogP contribution in [0.2, 0.25) is 13.1 Å². The molecule has 117 valence electrons. The van der Waals surface area contributed by atoms with Crippen molar-refractivity contribution in [2.75, 3.05) is 0 Å². The molecule has 0 aliphatic heterocycles. The van der Waals surface area contributed by atoms with E-state index in [-0.39, 0.29) is 30.4 Å². The van der Waals surface area contributed by atoms with Gasteiger partial charge in [0.15, 0.2) is 0 Å². The molecule has 0 aromatic carbocycles. The number of allylic oxidation sites excluding steroid dienone is 3. The Labute approximate surface area is 152 Å². The van der Waals surface area contributed by atoms with Gasteiger partial charge in [0.2, 0.25) is 0 Å². The van der Waals surface area contributed by atoms with Crippen molar-refractivity contribution < 1.29 is 48.1 Å². The Morgan fingerprint density at radius 2 is 1.40 bits per heavy atom. The molecule has 0 spiro atoms. The molecule has 0 radical (unpaired) electrons. The quantitative estimate of drug-likeness (QED) is 0.510. The standard InChI is InChI=1S/C15H29NSi.2ClH.Ti/c1-10-11(2)13(4)14(12(10)3)16(17(8)9)15(5,6)7;;;/h12,17H,1-9H3;2*1H;/q;;;+1/p-2. The van der Waals surface area contributed by atoms with E-state index in [1.54, 1.807) is 16.8 Å². The molecule has 0 amide bonds. The second kappa shape index (κ2) is 7.48. The van der Waals surface area contributed by atoms with Crippen molar-refractivity contribution in [3.8, 4) is 0 Å². The van der Waals surface area contributed by atoms with Crippen molar-refractivity contribution in [2.45, 2.75) is 67.1 Å². The van der Waals surface area contributed by atoms with Gasteiger partial charge in [-0.05, 0) is 0 Å². The summed E-state index contributed by atoms with van der Waals surface area (Å²) in [4.78, 5) is 0. The maximum atomic E-state index is 2.49. The van der Waals surface area contributed by atoms with Crippen molar-refractivity contribution in [3.63, 3.8) is 0 Å². The second-order valence-corrected chi connectivity index (χ2v) is 11.9. The van der Waals surface area contributed by atoms with Crippen LogP contribution >= 0.6 is 0 Å². The summed E-state index contributed by atoms with van der Waals surface area (Å²) in [5, 5.41) is 0. The maximum absolute atomic E-state index is 2.49. The molecule has 1 aliphatic carbocycles. The average Bonchev–Trinajstić information content (AvgIpc) is 2.41. The summed E-state index contributed by atoms with van der Waals surface area (Å²) in [6.45, 7) is 21.5. The molecule has 1 aliphatic rings. The summed E-state index contributed by atoms with van der Waals surface area (Å²) >= 11 is 2.47. The minimum absolute atomic E-state index is 0. The van der Waals surface area contributed by atoms with Crippen molar-refractivity contribution >= 4 is 8.96 Å². The van der Waals surface area contributed by atoms with Crippen molar-refractivity contribution in [1.29, 1.82) is 0 Å². The van der Waals surface area contributed by atoms with Crippen molar-refractivity contribution in [1.82, 2.24) is 0 Å². The first kappa shape index (κ1) is 23.2. The number of rotatable bonds is 2. The first-order chi connectivity index (χ1) is 7.96. The van der Waals surface area contributed by atoms with E-state index in [9.17, 15) is 0 Å². The Morgan fingerprint density at radius 3 is 1.60 bits per heavy atom. The van der Waals surface area contributed by atoms with E-state index in [1.165, 1.54) is 8.20 Å². The minimum atomic E-state index is -0.857. The maximum Gasteiger partial charge on any atom is -1.00 e. The monoisotopic (exact) mass is 369 g/mol. The van der Waals surface area contributed by atoms with Crippen molar-refractivity contribution in [3.05, 3.63) is 22.4 Å². The van der Waals surface area contributed by atoms with Crippen LogP contribution in [0.4, 0.5) is 0 Å². The first-order valence-electron chi connectivity index (χ1n) is 6.99. The van der Waals surface area contributed by atoms with Crippen LogP contribution in [0, 0.1) is 5.92 Å². The molecule has 2 unspecified atom stereocenters. The fraction of sp³-hybridized carbons (Fsp3) is 0.733. The summed E-state index contributed by atoms with van der Waals surface area (Å²) in [6, 6.07) is 0. The normalized spacial score (nSPS) is 22.6. The van der Waals surface area contributed by atoms with Gasteiger partial charge in [0.05, 0.1) is 0 Å². The predicted octanol–water partition coefficient (Wildman–Crippen LogP) is -1.68. The number of nitrogens with zero attached hydrogens (tertiary/aromatic N) is 1. The number of quaternary nitrogens is 1.